The van der Waals surface area contributed by atoms with E-state index in [0.29, 0.717) is 28.2 Å². The van der Waals surface area contributed by atoms with Crippen LogP contribution in [0.1, 0.15) is 22.5 Å². The first-order valence-electron chi connectivity index (χ1n) is 9.02. The minimum atomic E-state index is 0.444. The van der Waals surface area contributed by atoms with E-state index in [1.165, 1.54) is 0 Å². The number of aromatic nitrogens is 2. The van der Waals surface area contributed by atoms with Crippen molar-refractivity contribution in [2.45, 2.75) is 6.92 Å². The molecular weight excluding hydrogens is 360 g/mol. The van der Waals surface area contributed by atoms with Crippen LogP contribution in [0.25, 0.3) is 28.8 Å². The molecule has 0 saturated carbocycles. The molecule has 0 bridgehead atoms. The molecule has 0 aliphatic heterocycles. The first kappa shape index (κ1) is 18.0. The number of para-hydroxylation sites is 1. The van der Waals surface area contributed by atoms with Crippen molar-refractivity contribution < 1.29 is 4.42 Å². The van der Waals surface area contributed by atoms with Crippen molar-refractivity contribution in [3.63, 3.8) is 0 Å². The van der Waals surface area contributed by atoms with Crippen molar-refractivity contribution in [3.8, 4) is 29.3 Å². The van der Waals surface area contributed by atoms with Gasteiger partial charge in [0.2, 0.25) is 0 Å². The number of rotatable bonds is 4. The molecule has 0 amide bonds. The third-order valence-corrected chi connectivity index (χ3v) is 4.46. The average Bonchev–Trinajstić information content (AvgIpc) is 3.38. The van der Waals surface area contributed by atoms with Crippen LogP contribution < -0.4 is 0 Å². The molecule has 0 fully saturated rings. The molecule has 0 unspecified atom stereocenters. The van der Waals surface area contributed by atoms with E-state index in [1.807, 2.05) is 61.7 Å². The van der Waals surface area contributed by atoms with Gasteiger partial charge in [0.25, 0.3) is 0 Å². The minimum absolute atomic E-state index is 0.444. The smallest absolute Gasteiger partial charge is 0.155 e. The number of hydrogen-bond acceptors (Lipinski definition) is 4. The summed E-state index contributed by atoms with van der Waals surface area (Å²) in [5.41, 5.74) is 3.93. The minimum Gasteiger partial charge on any atom is -0.460 e. The van der Waals surface area contributed by atoms with E-state index in [2.05, 4.69) is 12.1 Å². The Morgan fingerprint density at radius 3 is 2.55 bits per heavy atom. The van der Waals surface area contributed by atoms with Crippen molar-refractivity contribution in [2.24, 2.45) is 0 Å². The highest BCUT2D eigenvalue weighted by Gasteiger charge is 2.15. The molecule has 4 aromatic rings. The summed E-state index contributed by atoms with van der Waals surface area (Å²) in [7, 11) is 0. The summed E-state index contributed by atoms with van der Waals surface area (Å²) >= 11 is 0. The molecule has 0 saturated heterocycles. The van der Waals surface area contributed by atoms with E-state index < -0.39 is 0 Å². The topological polar surface area (TPSA) is 78.5 Å². The second-order valence-electron chi connectivity index (χ2n) is 6.49. The third-order valence-electron chi connectivity index (χ3n) is 4.46. The van der Waals surface area contributed by atoms with Crippen molar-refractivity contribution >= 4 is 11.6 Å². The molecule has 4 rings (SSSR count). The van der Waals surface area contributed by atoms with Gasteiger partial charge in [-0.05, 0) is 55.0 Å². The summed E-state index contributed by atoms with van der Waals surface area (Å²) in [6.45, 7) is 1.88. The fourth-order valence-corrected chi connectivity index (χ4v) is 3.05. The summed E-state index contributed by atoms with van der Waals surface area (Å²) in [4.78, 5) is 0. The van der Waals surface area contributed by atoms with Crippen LogP contribution in [-0.4, -0.2) is 9.78 Å². The van der Waals surface area contributed by atoms with E-state index in [4.69, 9.17) is 14.8 Å². The zero-order valence-electron chi connectivity index (χ0n) is 15.7. The first-order valence-corrected chi connectivity index (χ1v) is 9.02. The summed E-state index contributed by atoms with van der Waals surface area (Å²) < 4.78 is 7.55. The van der Waals surface area contributed by atoms with Crippen molar-refractivity contribution in [1.29, 1.82) is 10.5 Å². The maximum atomic E-state index is 9.74. The molecule has 5 heteroatoms. The average molecular weight is 376 g/mol. The first-order chi connectivity index (χ1) is 14.2. The maximum absolute atomic E-state index is 9.74. The third kappa shape index (κ3) is 3.71. The Balaban J connectivity index is 1.87. The van der Waals surface area contributed by atoms with Gasteiger partial charge in [-0.3, -0.25) is 0 Å². The van der Waals surface area contributed by atoms with Gasteiger partial charge in [-0.25, -0.2) is 4.68 Å². The zero-order valence-corrected chi connectivity index (χ0v) is 15.7. The Morgan fingerprint density at radius 2 is 1.86 bits per heavy atom. The van der Waals surface area contributed by atoms with Crippen molar-refractivity contribution in [2.75, 3.05) is 0 Å². The molecule has 0 N–H and O–H groups in total. The van der Waals surface area contributed by atoms with Gasteiger partial charge in [0.1, 0.15) is 11.5 Å². The second-order valence-corrected chi connectivity index (χ2v) is 6.49. The molecule has 2 aromatic heterocycles. The lowest BCUT2D eigenvalue weighted by Gasteiger charge is -2.00. The highest BCUT2D eigenvalue weighted by molar-refractivity contribution is 5.92. The predicted octanol–water partition coefficient (Wildman–Crippen LogP) is 5.38. The highest BCUT2D eigenvalue weighted by Crippen LogP contribution is 2.29. The van der Waals surface area contributed by atoms with Gasteiger partial charge in [0, 0.05) is 11.8 Å². The SMILES string of the molecule is Cc1ccc(-c2nn(-c3ccccc3)cc2C=C(C#N)c2cccc(C#N)c2)o1. The lowest BCUT2D eigenvalue weighted by molar-refractivity contribution is 0.545. The number of benzene rings is 2. The molecule has 138 valence electrons. The lowest BCUT2D eigenvalue weighted by Crippen LogP contribution is -1.93. The Kier molecular flexibility index (Phi) is 4.80. The number of nitrogens with zero attached hydrogens (tertiary/aromatic N) is 4. The van der Waals surface area contributed by atoms with Gasteiger partial charge in [-0.1, -0.05) is 30.3 Å². The Bertz CT molecular complexity index is 1280. The number of hydrogen-bond donors (Lipinski definition) is 0. The van der Waals surface area contributed by atoms with Gasteiger partial charge in [0.15, 0.2) is 5.76 Å². The molecule has 0 aliphatic rings. The fraction of sp³-hybridized carbons (Fsp3) is 0.0417. The van der Waals surface area contributed by atoms with Crippen molar-refractivity contribution in [3.05, 3.63) is 95.4 Å². The van der Waals surface area contributed by atoms with E-state index in [0.717, 1.165) is 17.0 Å². The molecule has 2 heterocycles. The van der Waals surface area contributed by atoms with E-state index >= 15 is 0 Å². The van der Waals surface area contributed by atoms with Crippen LogP contribution in [0.15, 0.2) is 77.3 Å². The van der Waals surface area contributed by atoms with E-state index in [1.54, 1.807) is 29.0 Å². The van der Waals surface area contributed by atoms with Crippen LogP contribution in [0.4, 0.5) is 0 Å². The molecule has 0 spiro atoms. The predicted molar refractivity (Wildman–Crippen MR) is 111 cm³/mol. The Morgan fingerprint density at radius 1 is 1.03 bits per heavy atom. The van der Waals surface area contributed by atoms with Gasteiger partial charge in [0.05, 0.1) is 29.0 Å². The van der Waals surface area contributed by atoms with Crippen LogP contribution in [0.2, 0.25) is 0 Å². The fourth-order valence-electron chi connectivity index (χ4n) is 3.05. The highest BCUT2D eigenvalue weighted by atomic mass is 16.3. The summed E-state index contributed by atoms with van der Waals surface area (Å²) in [5, 5.41) is 23.6. The number of aryl methyl sites for hydroxylation is 1. The number of allylic oxidation sites excluding steroid dienone is 1. The van der Waals surface area contributed by atoms with Crippen LogP contribution in [0.3, 0.4) is 0 Å². The van der Waals surface area contributed by atoms with Crippen molar-refractivity contribution in [1.82, 2.24) is 9.78 Å². The molecule has 0 radical (unpaired) electrons. The molecule has 29 heavy (non-hydrogen) atoms. The normalized spacial score (nSPS) is 11.1. The number of nitriles is 2. The van der Waals surface area contributed by atoms with Gasteiger partial charge in [-0.15, -0.1) is 0 Å². The van der Waals surface area contributed by atoms with Crippen LogP contribution in [0, 0.1) is 29.6 Å². The molecule has 0 aliphatic carbocycles. The van der Waals surface area contributed by atoms with Gasteiger partial charge < -0.3 is 4.42 Å². The Hall–Kier alpha value is -4.35. The monoisotopic (exact) mass is 376 g/mol. The molecule has 2 aromatic carbocycles. The van der Waals surface area contributed by atoms with E-state index in [-0.39, 0.29) is 0 Å². The Labute approximate surface area is 168 Å². The largest absolute Gasteiger partial charge is 0.460 e. The van der Waals surface area contributed by atoms with E-state index in [9.17, 15) is 5.26 Å². The summed E-state index contributed by atoms with van der Waals surface area (Å²) in [6.07, 6.45) is 3.64. The zero-order chi connectivity index (χ0) is 20.2. The van der Waals surface area contributed by atoms with Crippen LogP contribution >= 0.6 is 0 Å². The van der Waals surface area contributed by atoms with Crippen LogP contribution in [-0.2, 0) is 0 Å². The standard InChI is InChI=1S/C24H16N4O/c1-17-10-11-23(29-17)24-21(16-28(27-24)22-8-3-2-4-9-22)13-20(15-26)19-7-5-6-18(12-19)14-25/h2-13,16H,1H3. The molecular formula is C24H16N4O. The van der Waals surface area contributed by atoms with Crippen LogP contribution in [0.5, 0.6) is 0 Å². The lowest BCUT2D eigenvalue weighted by atomic mass is 10.0. The van der Waals surface area contributed by atoms with Gasteiger partial charge >= 0.3 is 0 Å². The quantitative estimate of drug-likeness (QED) is 0.448. The molecule has 5 nitrogen and oxygen atoms in total. The summed E-state index contributed by atoms with van der Waals surface area (Å²) in [6, 6.07) is 24.8. The number of furan rings is 1. The second kappa shape index (κ2) is 7.72. The maximum Gasteiger partial charge on any atom is 0.155 e. The molecule has 0 atom stereocenters. The van der Waals surface area contributed by atoms with Gasteiger partial charge in [-0.2, -0.15) is 15.6 Å². The summed E-state index contributed by atoms with van der Waals surface area (Å²) in [5.74, 6) is 1.41.